The first-order chi connectivity index (χ1) is 10.2. The molecule has 1 aliphatic heterocycles. The van der Waals surface area contributed by atoms with Crippen molar-refractivity contribution in [3.05, 3.63) is 22.9 Å². The molecule has 21 heavy (non-hydrogen) atoms. The van der Waals surface area contributed by atoms with Gasteiger partial charge < -0.3 is 4.74 Å². The molecule has 0 radical (unpaired) electrons. The molecule has 1 saturated carbocycles. The van der Waals surface area contributed by atoms with Gasteiger partial charge in [0.05, 0.1) is 16.7 Å². The number of amides is 1. The minimum absolute atomic E-state index is 0.108. The Morgan fingerprint density at radius 2 is 2.14 bits per heavy atom. The molecule has 1 saturated heterocycles. The van der Waals surface area contributed by atoms with Gasteiger partial charge in [-0.1, -0.05) is 12.8 Å². The molecule has 4 rings (SSSR count). The molecule has 6 nitrogen and oxygen atoms in total. The quantitative estimate of drug-likeness (QED) is 0.835. The van der Waals surface area contributed by atoms with Gasteiger partial charge in [-0.15, -0.1) is 0 Å². The summed E-state index contributed by atoms with van der Waals surface area (Å²) in [7, 11) is 0. The summed E-state index contributed by atoms with van der Waals surface area (Å²) in [4.78, 5) is 18.4. The second-order valence-corrected chi connectivity index (χ2v) is 6.46. The van der Waals surface area contributed by atoms with Crippen LogP contribution in [0.3, 0.4) is 0 Å². The highest BCUT2D eigenvalue weighted by atomic mass is 79.9. The number of nitrogens with zero attached hydrogens (tertiary/aromatic N) is 4. The predicted molar refractivity (Wildman–Crippen MR) is 80.3 cm³/mol. The van der Waals surface area contributed by atoms with Crippen LogP contribution >= 0.6 is 15.9 Å². The number of aromatic nitrogens is 3. The summed E-state index contributed by atoms with van der Waals surface area (Å²) in [5, 5.41) is 4.17. The third-order valence-electron chi connectivity index (χ3n) is 4.41. The third-order valence-corrected chi connectivity index (χ3v) is 4.97. The summed E-state index contributed by atoms with van der Waals surface area (Å²) in [6, 6.07) is 1.93. The summed E-state index contributed by atoms with van der Waals surface area (Å²) in [5.74, 6) is 1.16. The molecule has 110 valence electrons. The number of carbonyl (C=O) groups is 1. The van der Waals surface area contributed by atoms with Crippen molar-refractivity contribution in [3.8, 4) is 0 Å². The number of cyclic esters (lactones) is 1. The van der Waals surface area contributed by atoms with Gasteiger partial charge in [-0.25, -0.2) is 14.3 Å². The first-order valence-electron chi connectivity index (χ1n) is 7.20. The Morgan fingerprint density at radius 3 is 2.95 bits per heavy atom. The number of anilines is 1. The molecule has 2 aromatic heterocycles. The lowest BCUT2D eigenvalue weighted by Crippen LogP contribution is -2.38. The van der Waals surface area contributed by atoms with E-state index in [-0.39, 0.29) is 12.1 Å². The number of ether oxygens (including phenoxy) is 1. The molecule has 2 aliphatic rings. The smallest absolute Gasteiger partial charge is 0.415 e. The number of halogens is 1. The van der Waals surface area contributed by atoms with Crippen LogP contribution in [0.4, 0.5) is 10.6 Å². The zero-order valence-electron chi connectivity index (χ0n) is 11.4. The molecule has 2 fully saturated rings. The molecule has 0 spiro atoms. The fourth-order valence-electron chi connectivity index (χ4n) is 3.35. The van der Waals surface area contributed by atoms with Gasteiger partial charge in [0, 0.05) is 6.20 Å². The van der Waals surface area contributed by atoms with Crippen LogP contribution in [0.1, 0.15) is 25.7 Å². The fourth-order valence-corrected chi connectivity index (χ4v) is 3.72. The maximum atomic E-state index is 12.1. The average Bonchev–Trinajstić information content (AvgIpc) is 3.19. The van der Waals surface area contributed by atoms with Gasteiger partial charge in [0.25, 0.3) is 0 Å². The van der Waals surface area contributed by atoms with E-state index in [2.05, 4.69) is 26.0 Å². The standard InChI is InChI=1S/C14H15BrN4O2/c15-10-7-16-18-6-5-12(17-13(10)18)19-11(8-21-14(19)20)9-3-1-2-4-9/h5-7,9,11H,1-4,8H2. The van der Waals surface area contributed by atoms with E-state index in [0.717, 1.165) is 17.3 Å². The minimum Gasteiger partial charge on any atom is -0.447 e. The van der Waals surface area contributed by atoms with E-state index in [0.29, 0.717) is 24.0 Å². The van der Waals surface area contributed by atoms with E-state index < -0.39 is 0 Å². The van der Waals surface area contributed by atoms with Crippen molar-refractivity contribution in [2.24, 2.45) is 5.92 Å². The van der Waals surface area contributed by atoms with Gasteiger partial charge in [-0.05, 0) is 40.8 Å². The Bertz CT molecular complexity index is 695. The van der Waals surface area contributed by atoms with Crippen LogP contribution in [-0.4, -0.2) is 33.3 Å². The largest absolute Gasteiger partial charge is 0.447 e. The normalized spacial score (nSPS) is 23.2. The van der Waals surface area contributed by atoms with Crippen molar-refractivity contribution in [2.75, 3.05) is 11.5 Å². The Morgan fingerprint density at radius 1 is 1.33 bits per heavy atom. The fraction of sp³-hybridized carbons (Fsp3) is 0.500. The second kappa shape index (κ2) is 4.98. The van der Waals surface area contributed by atoms with Gasteiger partial charge in [0.15, 0.2) is 5.65 Å². The molecule has 1 aliphatic carbocycles. The summed E-state index contributed by atoms with van der Waals surface area (Å²) in [6.07, 6.45) is 8.03. The van der Waals surface area contributed by atoms with Crippen molar-refractivity contribution in [2.45, 2.75) is 31.7 Å². The molecule has 2 aromatic rings. The summed E-state index contributed by atoms with van der Waals surface area (Å²) in [6.45, 7) is 0.469. The topological polar surface area (TPSA) is 59.7 Å². The van der Waals surface area contributed by atoms with Crippen molar-refractivity contribution in [1.82, 2.24) is 14.6 Å². The highest BCUT2D eigenvalue weighted by molar-refractivity contribution is 9.10. The Hall–Kier alpha value is -1.63. The van der Waals surface area contributed by atoms with Crippen LogP contribution in [0.15, 0.2) is 22.9 Å². The van der Waals surface area contributed by atoms with Crippen LogP contribution in [0, 0.1) is 5.92 Å². The number of rotatable bonds is 2. The summed E-state index contributed by atoms with van der Waals surface area (Å²) in [5.41, 5.74) is 0.706. The molecular weight excluding hydrogens is 336 g/mol. The van der Waals surface area contributed by atoms with E-state index in [1.54, 1.807) is 15.6 Å². The molecule has 7 heteroatoms. The molecule has 0 aromatic carbocycles. The van der Waals surface area contributed by atoms with Gasteiger partial charge in [-0.2, -0.15) is 5.10 Å². The maximum absolute atomic E-state index is 12.1. The predicted octanol–water partition coefficient (Wildman–Crippen LogP) is 3.01. The SMILES string of the molecule is O=C1OCC(C2CCCC2)N1c1ccn2ncc(Br)c2n1. The van der Waals surface area contributed by atoms with E-state index in [4.69, 9.17) is 4.74 Å². The molecule has 0 N–H and O–H groups in total. The lowest BCUT2D eigenvalue weighted by molar-refractivity contribution is 0.176. The van der Waals surface area contributed by atoms with Gasteiger partial charge in [0.1, 0.15) is 12.4 Å². The third kappa shape index (κ3) is 2.10. The molecule has 3 heterocycles. The molecule has 1 unspecified atom stereocenters. The summed E-state index contributed by atoms with van der Waals surface area (Å²) < 4.78 is 7.78. The van der Waals surface area contributed by atoms with Crippen LogP contribution < -0.4 is 4.90 Å². The van der Waals surface area contributed by atoms with Crippen molar-refractivity contribution < 1.29 is 9.53 Å². The zero-order chi connectivity index (χ0) is 14.4. The highest BCUT2D eigenvalue weighted by Gasteiger charge is 2.41. The maximum Gasteiger partial charge on any atom is 0.415 e. The zero-order valence-corrected chi connectivity index (χ0v) is 13.0. The first kappa shape index (κ1) is 13.1. The van der Waals surface area contributed by atoms with E-state index >= 15 is 0 Å². The Balaban J connectivity index is 1.73. The number of hydrogen-bond acceptors (Lipinski definition) is 4. The molecule has 1 amide bonds. The lowest BCUT2D eigenvalue weighted by Gasteiger charge is -2.25. The number of carbonyl (C=O) groups excluding carboxylic acids is 1. The second-order valence-electron chi connectivity index (χ2n) is 5.61. The molecule has 1 atom stereocenters. The summed E-state index contributed by atoms with van der Waals surface area (Å²) >= 11 is 3.43. The van der Waals surface area contributed by atoms with E-state index in [9.17, 15) is 4.79 Å². The van der Waals surface area contributed by atoms with Gasteiger partial charge in [0.2, 0.25) is 0 Å². The lowest BCUT2D eigenvalue weighted by atomic mass is 9.98. The Labute approximate surface area is 130 Å². The van der Waals surface area contributed by atoms with Crippen LogP contribution in [0.25, 0.3) is 5.65 Å². The van der Waals surface area contributed by atoms with Gasteiger partial charge >= 0.3 is 6.09 Å². The van der Waals surface area contributed by atoms with Crippen molar-refractivity contribution in [3.63, 3.8) is 0 Å². The highest BCUT2D eigenvalue weighted by Crippen LogP contribution is 2.35. The number of hydrogen-bond donors (Lipinski definition) is 0. The van der Waals surface area contributed by atoms with Crippen molar-refractivity contribution in [1.29, 1.82) is 0 Å². The Kier molecular flexibility index (Phi) is 3.10. The number of fused-ring (bicyclic) bond motifs is 1. The monoisotopic (exact) mass is 350 g/mol. The average molecular weight is 351 g/mol. The molecule has 0 bridgehead atoms. The van der Waals surface area contributed by atoms with Crippen molar-refractivity contribution >= 4 is 33.5 Å². The minimum atomic E-state index is -0.292. The van der Waals surface area contributed by atoms with Crippen LogP contribution in [0.2, 0.25) is 0 Å². The van der Waals surface area contributed by atoms with E-state index in [1.165, 1.54) is 12.8 Å². The van der Waals surface area contributed by atoms with Crippen LogP contribution in [0.5, 0.6) is 0 Å². The van der Waals surface area contributed by atoms with Crippen LogP contribution in [-0.2, 0) is 4.74 Å². The van der Waals surface area contributed by atoms with Gasteiger partial charge in [-0.3, -0.25) is 4.90 Å². The molecular formula is C14H15BrN4O2. The van der Waals surface area contributed by atoms with E-state index in [1.807, 2.05) is 12.3 Å². The first-order valence-corrected chi connectivity index (χ1v) is 7.99.